The van der Waals surface area contributed by atoms with Gasteiger partial charge >= 0.3 is 6.03 Å². The average molecular weight is 419 g/mol. The van der Waals surface area contributed by atoms with E-state index in [-0.39, 0.29) is 17.4 Å². The van der Waals surface area contributed by atoms with Crippen LogP contribution in [0.3, 0.4) is 0 Å². The summed E-state index contributed by atoms with van der Waals surface area (Å²) in [4.78, 5) is 41.4. The number of thioether (sulfide) groups is 1. The number of hydrogen-bond donors (Lipinski definition) is 2. The highest BCUT2D eigenvalue weighted by atomic mass is 32.2. The molecule has 2 N–H and O–H groups in total. The third-order valence-corrected chi connectivity index (χ3v) is 5.49. The molecular weight excluding hydrogens is 388 g/mol. The van der Waals surface area contributed by atoms with Crippen molar-refractivity contribution in [3.05, 3.63) is 34.6 Å². The molecule has 0 aliphatic rings. The number of imide groups is 1. The van der Waals surface area contributed by atoms with Gasteiger partial charge < -0.3 is 5.32 Å². The Kier molecular flexibility index (Phi) is 8.70. The molecule has 7 nitrogen and oxygen atoms in total. The fourth-order valence-corrected chi connectivity index (χ4v) is 3.96. The predicted octanol–water partition coefficient (Wildman–Crippen LogP) is 3.72. The standard InChI is InChI=1S/C21H30N4O3S/c1-5-22-20(28)24-18(26)13-29-21-23-17-12-7-6-11-16(17)19(27)25(21)15(4)10-8-9-14(2)3/h6-7,11-12,14-15H,5,8-10,13H2,1-4H3,(H2,22,24,26,28)/t15-/m1/s1. The topological polar surface area (TPSA) is 93.1 Å². The summed E-state index contributed by atoms with van der Waals surface area (Å²) in [5.74, 6) is 0.184. The molecule has 2 aromatic rings. The average Bonchev–Trinajstić information content (AvgIpc) is 2.66. The summed E-state index contributed by atoms with van der Waals surface area (Å²) in [7, 11) is 0. The molecule has 0 aliphatic heterocycles. The van der Waals surface area contributed by atoms with Crippen molar-refractivity contribution >= 4 is 34.6 Å². The number of para-hydroxylation sites is 1. The molecule has 1 atom stereocenters. The van der Waals surface area contributed by atoms with Crippen molar-refractivity contribution in [2.75, 3.05) is 12.3 Å². The van der Waals surface area contributed by atoms with Crippen LogP contribution in [0.5, 0.6) is 0 Å². The molecule has 0 fully saturated rings. The van der Waals surface area contributed by atoms with Crippen LogP contribution in [0.1, 0.15) is 53.0 Å². The SMILES string of the molecule is CCNC(=O)NC(=O)CSc1nc2ccccc2c(=O)n1[C@H](C)CCCC(C)C. The van der Waals surface area contributed by atoms with Crippen LogP contribution in [0.15, 0.2) is 34.2 Å². The molecule has 8 heteroatoms. The number of hydrogen-bond acceptors (Lipinski definition) is 5. The molecule has 0 bridgehead atoms. The second kappa shape index (κ2) is 11.0. The highest BCUT2D eigenvalue weighted by Crippen LogP contribution is 2.24. The number of fused-ring (bicyclic) bond motifs is 1. The highest BCUT2D eigenvalue weighted by Gasteiger charge is 2.18. The zero-order chi connectivity index (χ0) is 21.4. The van der Waals surface area contributed by atoms with Gasteiger partial charge in [0.2, 0.25) is 5.91 Å². The predicted molar refractivity (Wildman–Crippen MR) is 117 cm³/mol. The first-order valence-electron chi connectivity index (χ1n) is 10.0. The van der Waals surface area contributed by atoms with Crippen molar-refractivity contribution in [3.63, 3.8) is 0 Å². The number of carbonyl (C=O) groups is 2. The van der Waals surface area contributed by atoms with Crippen LogP contribution in [-0.2, 0) is 4.79 Å². The van der Waals surface area contributed by atoms with Gasteiger partial charge in [0, 0.05) is 12.6 Å². The van der Waals surface area contributed by atoms with Gasteiger partial charge in [-0.05, 0) is 38.3 Å². The molecular formula is C21H30N4O3S. The van der Waals surface area contributed by atoms with E-state index in [1.165, 1.54) is 11.8 Å². The minimum atomic E-state index is -0.524. The van der Waals surface area contributed by atoms with Gasteiger partial charge in [0.25, 0.3) is 5.56 Å². The number of carbonyl (C=O) groups excluding carboxylic acids is 2. The molecule has 0 saturated heterocycles. The summed E-state index contributed by atoms with van der Waals surface area (Å²) >= 11 is 1.17. The van der Waals surface area contributed by atoms with Crippen LogP contribution >= 0.6 is 11.8 Å². The van der Waals surface area contributed by atoms with Gasteiger partial charge in [0.1, 0.15) is 0 Å². The molecule has 29 heavy (non-hydrogen) atoms. The minimum absolute atomic E-state index is 0.000624. The van der Waals surface area contributed by atoms with E-state index in [4.69, 9.17) is 0 Å². The Morgan fingerprint density at radius 1 is 1.17 bits per heavy atom. The maximum Gasteiger partial charge on any atom is 0.321 e. The summed E-state index contributed by atoms with van der Waals surface area (Å²) in [6.45, 7) is 8.59. The lowest BCUT2D eigenvalue weighted by Crippen LogP contribution is -2.40. The molecule has 0 radical (unpaired) electrons. The third-order valence-electron chi connectivity index (χ3n) is 4.54. The highest BCUT2D eigenvalue weighted by molar-refractivity contribution is 7.99. The van der Waals surface area contributed by atoms with E-state index in [0.29, 0.717) is 28.5 Å². The van der Waals surface area contributed by atoms with Crippen LogP contribution in [0, 0.1) is 5.92 Å². The lowest BCUT2D eigenvalue weighted by atomic mass is 10.0. The lowest BCUT2D eigenvalue weighted by molar-refractivity contribution is -0.117. The Balaban J connectivity index is 2.25. The largest absolute Gasteiger partial charge is 0.338 e. The quantitative estimate of drug-likeness (QED) is 0.478. The smallest absolute Gasteiger partial charge is 0.321 e. The van der Waals surface area contributed by atoms with Gasteiger partial charge in [0.05, 0.1) is 16.7 Å². The van der Waals surface area contributed by atoms with E-state index in [9.17, 15) is 14.4 Å². The zero-order valence-corrected chi connectivity index (χ0v) is 18.3. The second-order valence-corrected chi connectivity index (χ2v) is 8.40. The summed E-state index contributed by atoms with van der Waals surface area (Å²) in [5.41, 5.74) is 0.508. The molecule has 0 aliphatic carbocycles. The molecule has 2 rings (SSSR count). The molecule has 0 unspecified atom stereocenters. The van der Waals surface area contributed by atoms with Crippen molar-refractivity contribution in [1.82, 2.24) is 20.2 Å². The molecule has 1 aromatic carbocycles. The normalized spacial score (nSPS) is 12.2. The maximum absolute atomic E-state index is 13.1. The Morgan fingerprint density at radius 3 is 2.59 bits per heavy atom. The Bertz CT molecular complexity index is 910. The van der Waals surface area contributed by atoms with Crippen molar-refractivity contribution in [3.8, 4) is 0 Å². The number of benzene rings is 1. The molecule has 1 heterocycles. The van der Waals surface area contributed by atoms with Crippen molar-refractivity contribution in [2.45, 2.75) is 58.2 Å². The molecule has 158 valence electrons. The molecule has 1 aromatic heterocycles. The molecule has 0 saturated carbocycles. The monoisotopic (exact) mass is 418 g/mol. The van der Waals surface area contributed by atoms with Gasteiger partial charge in [-0.3, -0.25) is 19.5 Å². The lowest BCUT2D eigenvalue weighted by Gasteiger charge is -2.20. The first kappa shape index (κ1) is 22.9. The van der Waals surface area contributed by atoms with Crippen LogP contribution in [0.25, 0.3) is 10.9 Å². The van der Waals surface area contributed by atoms with Crippen molar-refractivity contribution < 1.29 is 9.59 Å². The molecule has 0 spiro atoms. The number of urea groups is 1. The van der Waals surface area contributed by atoms with Gasteiger partial charge in [-0.25, -0.2) is 9.78 Å². The van der Waals surface area contributed by atoms with Crippen molar-refractivity contribution in [1.29, 1.82) is 0 Å². The van der Waals surface area contributed by atoms with E-state index in [0.717, 1.165) is 19.3 Å². The molecule has 3 amide bonds. The van der Waals surface area contributed by atoms with Crippen LogP contribution < -0.4 is 16.2 Å². The summed E-state index contributed by atoms with van der Waals surface area (Å²) in [6.07, 6.45) is 2.97. The number of rotatable bonds is 9. The van der Waals surface area contributed by atoms with Crippen LogP contribution in [0.4, 0.5) is 4.79 Å². The fraction of sp³-hybridized carbons (Fsp3) is 0.524. The number of aromatic nitrogens is 2. The maximum atomic E-state index is 13.1. The van der Waals surface area contributed by atoms with Crippen LogP contribution in [-0.4, -0.2) is 33.8 Å². The van der Waals surface area contributed by atoms with Crippen molar-refractivity contribution in [2.24, 2.45) is 5.92 Å². The van der Waals surface area contributed by atoms with Gasteiger partial charge in [-0.15, -0.1) is 0 Å². The summed E-state index contributed by atoms with van der Waals surface area (Å²) in [6, 6.07) is 6.67. The summed E-state index contributed by atoms with van der Waals surface area (Å²) in [5, 5.41) is 5.86. The van der Waals surface area contributed by atoms with Gasteiger partial charge in [0.15, 0.2) is 5.16 Å². The third kappa shape index (κ3) is 6.59. The second-order valence-electron chi connectivity index (χ2n) is 7.46. The van der Waals surface area contributed by atoms with E-state index >= 15 is 0 Å². The van der Waals surface area contributed by atoms with Gasteiger partial charge in [-0.2, -0.15) is 0 Å². The first-order chi connectivity index (χ1) is 13.8. The summed E-state index contributed by atoms with van der Waals surface area (Å²) < 4.78 is 1.69. The Labute approximate surface area is 175 Å². The first-order valence-corrected chi connectivity index (χ1v) is 11.0. The van der Waals surface area contributed by atoms with E-state index < -0.39 is 11.9 Å². The zero-order valence-electron chi connectivity index (χ0n) is 17.5. The van der Waals surface area contributed by atoms with E-state index in [2.05, 4.69) is 29.5 Å². The Hall–Kier alpha value is -2.35. The number of nitrogens with zero attached hydrogens (tertiary/aromatic N) is 2. The van der Waals surface area contributed by atoms with E-state index in [1.807, 2.05) is 19.1 Å². The van der Waals surface area contributed by atoms with E-state index in [1.54, 1.807) is 23.6 Å². The fourth-order valence-electron chi connectivity index (χ4n) is 3.06. The van der Waals surface area contributed by atoms with Gasteiger partial charge in [-0.1, -0.05) is 50.6 Å². The number of nitrogens with one attached hydrogen (secondary N) is 2. The Morgan fingerprint density at radius 2 is 1.90 bits per heavy atom. The number of amides is 3. The minimum Gasteiger partial charge on any atom is -0.338 e. The van der Waals surface area contributed by atoms with Crippen LogP contribution in [0.2, 0.25) is 0 Å².